The Morgan fingerprint density at radius 1 is 1.14 bits per heavy atom. The summed E-state index contributed by atoms with van der Waals surface area (Å²) in [7, 11) is 0. The average molecular weight is 280 g/mol. The normalized spacial score (nSPS) is 11.5. The molecule has 3 heteroatoms. The molecule has 0 amide bonds. The second-order valence-electron chi connectivity index (χ2n) is 5.74. The highest BCUT2D eigenvalue weighted by atomic mass is 16.3. The third-order valence-corrected chi connectivity index (χ3v) is 3.96. The molecule has 21 heavy (non-hydrogen) atoms. The van der Waals surface area contributed by atoms with E-state index in [0.717, 1.165) is 28.2 Å². The van der Waals surface area contributed by atoms with Crippen molar-refractivity contribution in [2.75, 3.05) is 0 Å². The van der Waals surface area contributed by atoms with Gasteiger partial charge in [-0.1, -0.05) is 38.1 Å². The monoisotopic (exact) mass is 280 g/mol. The largest absolute Gasteiger partial charge is 0.392 e. The van der Waals surface area contributed by atoms with E-state index in [0.29, 0.717) is 5.92 Å². The van der Waals surface area contributed by atoms with Crippen molar-refractivity contribution in [3.05, 3.63) is 59.4 Å². The van der Waals surface area contributed by atoms with E-state index in [1.54, 1.807) is 0 Å². The predicted molar refractivity (Wildman–Crippen MR) is 85.4 cm³/mol. The van der Waals surface area contributed by atoms with Gasteiger partial charge < -0.3 is 9.51 Å². The molecule has 0 aliphatic rings. The van der Waals surface area contributed by atoms with E-state index in [1.807, 2.05) is 18.3 Å². The Labute approximate surface area is 124 Å². The fraction of sp³-hybridized carbons (Fsp3) is 0.278. The van der Waals surface area contributed by atoms with Gasteiger partial charge in [-0.3, -0.25) is 0 Å². The first kappa shape index (κ1) is 13.8. The number of aryl methyl sites for hydroxylation is 1. The number of rotatable bonds is 3. The van der Waals surface area contributed by atoms with Crippen LogP contribution in [0.4, 0.5) is 0 Å². The first-order chi connectivity index (χ1) is 10.1. The summed E-state index contributed by atoms with van der Waals surface area (Å²) in [5.41, 5.74) is 6.34. The van der Waals surface area contributed by atoms with Crippen LogP contribution in [0, 0.1) is 6.92 Å². The Kier molecular flexibility index (Phi) is 3.52. The van der Waals surface area contributed by atoms with Gasteiger partial charge in [0.1, 0.15) is 5.65 Å². The first-order valence-corrected chi connectivity index (χ1v) is 7.29. The molecule has 0 saturated heterocycles. The van der Waals surface area contributed by atoms with Gasteiger partial charge in [-0.05, 0) is 36.1 Å². The number of hydrogen-bond donors (Lipinski definition) is 1. The van der Waals surface area contributed by atoms with E-state index in [1.165, 1.54) is 5.56 Å². The van der Waals surface area contributed by atoms with E-state index in [4.69, 9.17) is 4.98 Å². The fourth-order valence-corrected chi connectivity index (χ4v) is 2.61. The first-order valence-electron chi connectivity index (χ1n) is 7.29. The number of aliphatic hydroxyl groups excluding tert-OH is 1. The minimum absolute atomic E-state index is 0.0425. The number of pyridine rings is 1. The van der Waals surface area contributed by atoms with Crippen LogP contribution in [0.25, 0.3) is 16.9 Å². The van der Waals surface area contributed by atoms with Gasteiger partial charge in [0, 0.05) is 17.5 Å². The molecule has 0 bridgehead atoms. The summed E-state index contributed by atoms with van der Waals surface area (Å²) in [5.74, 6) is 0.535. The summed E-state index contributed by atoms with van der Waals surface area (Å²) in [5, 5.41) is 9.24. The van der Waals surface area contributed by atoms with Gasteiger partial charge in [0.05, 0.1) is 12.3 Å². The number of aliphatic hydroxyl groups is 1. The van der Waals surface area contributed by atoms with E-state index in [-0.39, 0.29) is 6.61 Å². The Balaban J connectivity index is 2.09. The second-order valence-corrected chi connectivity index (χ2v) is 5.74. The van der Waals surface area contributed by atoms with Crippen LogP contribution in [0.3, 0.4) is 0 Å². The molecule has 0 aliphatic carbocycles. The maximum absolute atomic E-state index is 9.24. The van der Waals surface area contributed by atoms with Crippen molar-refractivity contribution < 1.29 is 5.11 Å². The smallest absolute Gasteiger partial charge is 0.138 e. The summed E-state index contributed by atoms with van der Waals surface area (Å²) in [4.78, 5) is 4.72. The zero-order valence-electron chi connectivity index (χ0n) is 12.7. The molecular weight excluding hydrogens is 260 g/mol. The zero-order valence-corrected chi connectivity index (χ0v) is 12.7. The minimum Gasteiger partial charge on any atom is -0.392 e. The van der Waals surface area contributed by atoms with Gasteiger partial charge in [0.2, 0.25) is 0 Å². The Bertz CT molecular complexity index is 770. The lowest BCUT2D eigenvalue weighted by Gasteiger charge is -2.06. The molecule has 1 N–H and O–H groups in total. The van der Waals surface area contributed by atoms with Crippen LogP contribution < -0.4 is 0 Å². The van der Waals surface area contributed by atoms with Crippen LogP contribution >= 0.6 is 0 Å². The summed E-state index contributed by atoms with van der Waals surface area (Å²) < 4.78 is 2.06. The molecule has 0 spiro atoms. The molecule has 1 aromatic carbocycles. The van der Waals surface area contributed by atoms with Gasteiger partial charge in [0.25, 0.3) is 0 Å². The van der Waals surface area contributed by atoms with Gasteiger partial charge >= 0.3 is 0 Å². The molecular formula is C18H20N2O. The Hall–Kier alpha value is -2.13. The van der Waals surface area contributed by atoms with Gasteiger partial charge in [-0.25, -0.2) is 4.98 Å². The molecule has 0 unspecified atom stereocenters. The second kappa shape index (κ2) is 5.34. The maximum Gasteiger partial charge on any atom is 0.138 e. The summed E-state index contributed by atoms with van der Waals surface area (Å²) in [6, 6.07) is 12.5. The zero-order chi connectivity index (χ0) is 15.0. The third-order valence-electron chi connectivity index (χ3n) is 3.96. The summed E-state index contributed by atoms with van der Waals surface area (Å²) >= 11 is 0. The van der Waals surface area contributed by atoms with Crippen molar-refractivity contribution in [3.63, 3.8) is 0 Å². The van der Waals surface area contributed by atoms with Crippen molar-refractivity contribution in [2.24, 2.45) is 0 Å². The molecule has 3 nitrogen and oxygen atoms in total. The van der Waals surface area contributed by atoms with E-state index >= 15 is 0 Å². The average Bonchev–Trinajstić information content (AvgIpc) is 2.83. The number of aromatic nitrogens is 2. The van der Waals surface area contributed by atoms with E-state index in [9.17, 15) is 5.11 Å². The number of imidazole rings is 1. The molecule has 0 fully saturated rings. The highest BCUT2D eigenvalue weighted by Gasteiger charge is 2.11. The molecule has 2 aromatic heterocycles. The predicted octanol–water partition coefficient (Wildman–Crippen LogP) is 3.93. The van der Waals surface area contributed by atoms with Gasteiger partial charge in [-0.15, -0.1) is 0 Å². The molecule has 108 valence electrons. The van der Waals surface area contributed by atoms with Crippen molar-refractivity contribution in [2.45, 2.75) is 33.3 Å². The molecule has 0 atom stereocenters. The van der Waals surface area contributed by atoms with Crippen LogP contribution in [0.15, 0.2) is 42.6 Å². The highest BCUT2D eigenvalue weighted by molar-refractivity contribution is 5.66. The quantitative estimate of drug-likeness (QED) is 0.789. The molecule has 2 heterocycles. The number of fused-ring (bicyclic) bond motifs is 1. The summed E-state index contributed by atoms with van der Waals surface area (Å²) in [6.07, 6.45) is 1.97. The Morgan fingerprint density at radius 3 is 2.48 bits per heavy atom. The van der Waals surface area contributed by atoms with Crippen LogP contribution in [-0.4, -0.2) is 14.5 Å². The van der Waals surface area contributed by atoms with Crippen molar-refractivity contribution in [1.29, 1.82) is 0 Å². The number of hydrogen-bond acceptors (Lipinski definition) is 2. The topological polar surface area (TPSA) is 37.5 Å². The lowest BCUT2D eigenvalue weighted by Crippen LogP contribution is -1.90. The van der Waals surface area contributed by atoms with E-state index < -0.39 is 0 Å². The van der Waals surface area contributed by atoms with Crippen LogP contribution in [0.1, 0.15) is 36.6 Å². The van der Waals surface area contributed by atoms with Gasteiger partial charge in [-0.2, -0.15) is 0 Å². The third kappa shape index (κ3) is 2.45. The van der Waals surface area contributed by atoms with Crippen molar-refractivity contribution in [3.8, 4) is 11.3 Å². The highest BCUT2D eigenvalue weighted by Crippen LogP contribution is 2.26. The molecule has 0 saturated carbocycles. The van der Waals surface area contributed by atoms with Crippen molar-refractivity contribution in [1.82, 2.24) is 9.38 Å². The van der Waals surface area contributed by atoms with Crippen LogP contribution in [-0.2, 0) is 6.61 Å². The number of benzene rings is 1. The lowest BCUT2D eigenvalue weighted by atomic mass is 10.0. The standard InChI is InChI=1S/C18H20N2O/c1-12(2)15-4-6-16(7-5-15)18-13(3)20-9-8-14(11-21)10-17(20)19-18/h4-10,12,21H,11H2,1-3H3. The van der Waals surface area contributed by atoms with Crippen molar-refractivity contribution >= 4 is 5.65 Å². The van der Waals surface area contributed by atoms with E-state index in [2.05, 4.69) is 49.4 Å². The number of nitrogens with zero attached hydrogens (tertiary/aromatic N) is 2. The maximum atomic E-state index is 9.24. The molecule has 0 radical (unpaired) electrons. The minimum atomic E-state index is 0.0425. The Morgan fingerprint density at radius 2 is 1.86 bits per heavy atom. The summed E-state index contributed by atoms with van der Waals surface area (Å²) in [6.45, 7) is 6.51. The fourth-order valence-electron chi connectivity index (χ4n) is 2.61. The lowest BCUT2D eigenvalue weighted by molar-refractivity contribution is 0.282. The molecule has 0 aliphatic heterocycles. The SMILES string of the molecule is Cc1c(-c2ccc(C(C)C)cc2)nc2cc(CO)ccn12. The molecule has 3 aromatic rings. The van der Waals surface area contributed by atoms with Crippen LogP contribution in [0.5, 0.6) is 0 Å². The molecule has 3 rings (SSSR count). The van der Waals surface area contributed by atoms with Crippen LogP contribution in [0.2, 0.25) is 0 Å². The van der Waals surface area contributed by atoms with Gasteiger partial charge in [0.15, 0.2) is 0 Å².